The van der Waals surface area contributed by atoms with Crippen LogP contribution in [0.25, 0.3) is 0 Å². The van der Waals surface area contributed by atoms with Crippen LogP contribution in [0.3, 0.4) is 0 Å². The van der Waals surface area contributed by atoms with Crippen LogP contribution in [0, 0.1) is 17.8 Å². The van der Waals surface area contributed by atoms with Gasteiger partial charge in [-0.1, -0.05) is 71.9 Å². The molecule has 3 amide bonds. The number of nitrogens with one attached hydrogen (secondary N) is 3. The van der Waals surface area contributed by atoms with Crippen molar-refractivity contribution in [3.63, 3.8) is 0 Å². The number of carbonyl (C=O) groups is 4. The smallest absolute Gasteiger partial charge is 0.322 e. The lowest BCUT2D eigenvalue weighted by molar-refractivity contribution is -0.160. The summed E-state index contributed by atoms with van der Waals surface area (Å²) in [5, 5.41) is 8.38. The topological polar surface area (TPSA) is 117 Å². The van der Waals surface area contributed by atoms with Crippen LogP contribution in [0.1, 0.15) is 99.5 Å². The molecule has 9 nitrogen and oxygen atoms in total. The molecule has 266 valence electrons. The zero-order valence-corrected chi connectivity index (χ0v) is 30.0. The van der Waals surface area contributed by atoms with E-state index in [0.29, 0.717) is 5.75 Å². The molecule has 0 bridgehead atoms. The van der Waals surface area contributed by atoms with E-state index in [2.05, 4.69) is 16.0 Å². The van der Waals surface area contributed by atoms with Gasteiger partial charge in [0.15, 0.2) is 0 Å². The minimum atomic E-state index is -3.76. The van der Waals surface area contributed by atoms with Crippen LogP contribution in [-0.2, 0) is 25.6 Å². The van der Waals surface area contributed by atoms with Gasteiger partial charge in [0.25, 0.3) is 0 Å². The first-order chi connectivity index (χ1) is 21.8. The summed E-state index contributed by atoms with van der Waals surface area (Å²) in [4.78, 5) is 54.9. The quantitative estimate of drug-likeness (QED) is 0.221. The molecule has 0 saturated heterocycles. The fourth-order valence-electron chi connectivity index (χ4n) is 6.29. The molecular formula is C36H58F2N4O5. The van der Waals surface area contributed by atoms with Crippen molar-refractivity contribution < 1.29 is 32.7 Å². The van der Waals surface area contributed by atoms with Gasteiger partial charge in [0, 0.05) is 25.9 Å². The monoisotopic (exact) mass is 664 g/mol. The molecule has 0 spiro atoms. The molecular weight excluding hydrogens is 606 g/mol. The van der Waals surface area contributed by atoms with Crippen LogP contribution in [0.2, 0.25) is 0 Å². The summed E-state index contributed by atoms with van der Waals surface area (Å²) in [6, 6.07) is 2.10. The summed E-state index contributed by atoms with van der Waals surface area (Å²) in [5.41, 5.74) is 0.0795. The zero-order chi connectivity index (χ0) is 35.7. The van der Waals surface area contributed by atoms with Gasteiger partial charge in [-0.05, 0) is 62.6 Å². The molecule has 47 heavy (non-hydrogen) atoms. The lowest BCUT2D eigenvalue weighted by Crippen LogP contribution is -2.63. The van der Waals surface area contributed by atoms with Crippen LogP contribution in [-0.4, -0.2) is 78.2 Å². The van der Waals surface area contributed by atoms with Crippen LogP contribution < -0.4 is 20.7 Å². The van der Waals surface area contributed by atoms with Gasteiger partial charge in [-0.15, -0.1) is 0 Å². The second-order valence-electron chi connectivity index (χ2n) is 14.8. The molecule has 11 heteroatoms. The molecule has 1 aromatic rings. The SMILES string of the molecule is COc1ccc(C[C@H](NC(C)=O)C(=O)N[C@H](C(=O)N(C)C(CC2CCCCC2)C(=O)C(F)(F)C(NC(C)(C)C)C(C)C)C(C)C)cc1. The number of likely N-dealkylation sites (N-methyl/N-ethyl adjacent to an activating group) is 1. The van der Waals surface area contributed by atoms with E-state index in [0.717, 1.165) is 42.6 Å². The summed E-state index contributed by atoms with van der Waals surface area (Å²) in [5.74, 6) is -7.04. The first-order valence-electron chi connectivity index (χ1n) is 16.9. The van der Waals surface area contributed by atoms with Gasteiger partial charge in [0.2, 0.25) is 23.5 Å². The van der Waals surface area contributed by atoms with Crippen molar-refractivity contribution in [2.45, 2.75) is 136 Å². The number of ketones is 1. The van der Waals surface area contributed by atoms with Gasteiger partial charge in [0.05, 0.1) is 19.2 Å². The first kappa shape index (κ1) is 40.1. The van der Waals surface area contributed by atoms with E-state index < -0.39 is 71.0 Å². The summed E-state index contributed by atoms with van der Waals surface area (Å²) >= 11 is 0. The standard InChI is InChI=1S/C36H58F2N4O5/c1-22(2)30(40-33(45)28(39-24(5)43)20-26-16-18-27(47-10)19-17-26)34(46)42(9)29(21-25-14-12-11-13-15-25)32(44)36(37,38)31(23(3)4)41-35(6,7)8/h16-19,22-23,25,28-31,41H,11-15,20-21H2,1-10H3,(H,39,43)(H,40,45)/t28-,29?,30-,31?/m0/s1. The number of ether oxygens (including phenoxy) is 1. The first-order valence-corrected chi connectivity index (χ1v) is 16.9. The fraction of sp³-hybridized carbons (Fsp3) is 0.722. The Labute approximate surface area is 280 Å². The number of alkyl halides is 2. The van der Waals surface area contributed by atoms with Gasteiger partial charge in [-0.25, -0.2) is 0 Å². The van der Waals surface area contributed by atoms with Gasteiger partial charge in [-0.2, -0.15) is 8.78 Å². The zero-order valence-electron chi connectivity index (χ0n) is 30.0. The van der Waals surface area contributed by atoms with Gasteiger partial charge >= 0.3 is 5.92 Å². The number of halogens is 2. The molecule has 4 atom stereocenters. The Bertz CT molecular complexity index is 1190. The Hall–Kier alpha value is -3.08. The third-order valence-electron chi connectivity index (χ3n) is 8.90. The molecule has 3 N–H and O–H groups in total. The maximum Gasteiger partial charge on any atom is 0.322 e. The van der Waals surface area contributed by atoms with E-state index in [1.165, 1.54) is 14.0 Å². The largest absolute Gasteiger partial charge is 0.497 e. The van der Waals surface area contributed by atoms with Crippen molar-refractivity contribution in [3.05, 3.63) is 29.8 Å². The molecule has 0 aromatic heterocycles. The number of rotatable bonds is 16. The van der Waals surface area contributed by atoms with Crippen molar-refractivity contribution in [1.29, 1.82) is 0 Å². The van der Waals surface area contributed by atoms with E-state index in [4.69, 9.17) is 4.74 Å². The van der Waals surface area contributed by atoms with Crippen molar-refractivity contribution >= 4 is 23.5 Å². The number of amides is 3. The van der Waals surface area contributed by atoms with Crippen molar-refractivity contribution in [3.8, 4) is 5.75 Å². The summed E-state index contributed by atoms with van der Waals surface area (Å²) in [6.07, 6.45) is 4.84. The van der Waals surface area contributed by atoms with Gasteiger partial charge in [-0.3, -0.25) is 19.2 Å². The van der Waals surface area contributed by atoms with Crippen LogP contribution in [0.5, 0.6) is 5.75 Å². The second-order valence-corrected chi connectivity index (χ2v) is 14.8. The van der Waals surface area contributed by atoms with Crippen LogP contribution in [0.15, 0.2) is 24.3 Å². The number of benzene rings is 1. The molecule has 2 rings (SSSR count). The molecule has 1 aliphatic rings. The molecule has 1 aliphatic carbocycles. The number of hydrogen-bond donors (Lipinski definition) is 3. The summed E-state index contributed by atoms with van der Waals surface area (Å²) in [7, 11) is 2.93. The highest BCUT2D eigenvalue weighted by Crippen LogP contribution is 2.34. The molecule has 2 unspecified atom stereocenters. The number of methoxy groups -OCH3 is 1. The highest BCUT2D eigenvalue weighted by atomic mass is 19.3. The maximum absolute atomic E-state index is 16.3. The number of Topliss-reactive ketones (excluding diaryl/α,β-unsaturated/α-hetero) is 1. The highest BCUT2D eigenvalue weighted by Gasteiger charge is 2.53. The Morgan fingerprint density at radius 2 is 1.51 bits per heavy atom. The van der Waals surface area contributed by atoms with Gasteiger partial charge in [0.1, 0.15) is 17.8 Å². The molecule has 0 heterocycles. The third-order valence-corrected chi connectivity index (χ3v) is 8.90. The van der Waals surface area contributed by atoms with Crippen molar-refractivity contribution in [2.75, 3.05) is 14.2 Å². The highest BCUT2D eigenvalue weighted by molar-refractivity contribution is 5.97. The molecule has 1 saturated carbocycles. The molecule has 1 aromatic carbocycles. The molecule has 0 aliphatic heterocycles. The van der Waals surface area contributed by atoms with E-state index >= 15 is 8.78 Å². The molecule has 0 radical (unpaired) electrons. The summed E-state index contributed by atoms with van der Waals surface area (Å²) < 4.78 is 37.7. The van der Waals surface area contributed by atoms with Crippen LogP contribution in [0.4, 0.5) is 8.78 Å². The van der Waals surface area contributed by atoms with E-state index in [1.54, 1.807) is 79.8 Å². The Morgan fingerprint density at radius 1 is 0.936 bits per heavy atom. The predicted molar refractivity (Wildman–Crippen MR) is 180 cm³/mol. The number of nitrogens with zero attached hydrogens (tertiary/aromatic N) is 1. The van der Waals surface area contributed by atoms with E-state index in [1.807, 2.05) is 0 Å². The maximum atomic E-state index is 16.3. The van der Waals surface area contributed by atoms with Crippen molar-refractivity contribution in [2.24, 2.45) is 17.8 Å². The third kappa shape index (κ3) is 11.8. The van der Waals surface area contributed by atoms with E-state index in [-0.39, 0.29) is 18.8 Å². The van der Waals surface area contributed by atoms with Crippen molar-refractivity contribution in [1.82, 2.24) is 20.9 Å². The Morgan fingerprint density at radius 3 is 1.98 bits per heavy atom. The fourth-order valence-corrected chi connectivity index (χ4v) is 6.29. The number of hydrogen-bond acceptors (Lipinski definition) is 6. The van der Waals surface area contributed by atoms with E-state index in [9.17, 15) is 19.2 Å². The minimum absolute atomic E-state index is 0.0255. The predicted octanol–water partition coefficient (Wildman–Crippen LogP) is 5.30. The minimum Gasteiger partial charge on any atom is -0.497 e. The summed E-state index contributed by atoms with van der Waals surface area (Å²) in [6.45, 7) is 13.4. The average molecular weight is 665 g/mol. The van der Waals surface area contributed by atoms with Crippen LogP contribution >= 0.6 is 0 Å². The average Bonchev–Trinajstić information content (AvgIpc) is 2.99. The Kier molecular flexibility index (Phi) is 14.8. The molecule has 1 fully saturated rings. The lowest BCUT2D eigenvalue weighted by Gasteiger charge is -2.40. The lowest BCUT2D eigenvalue weighted by atomic mass is 9.81. The normalized spacial score (nSPS) is 17.1. The Balaban J connectivity index is 2.41. The second kappa shape index (κ2) is 17.4. The van der Waals surface area contributed by atoms with Gasteiger partial charge < -0.3 is 25.6 Å². The number of carbonyl (C=O) groups excluding carboxylic acids is 4.